The second-order valence-electron chi connectivity index (χ2n) is 4.13. The number of aryl methyl sites for hydroxylation is 1. The monoisotopic (exact) mass is 289 g/mol. The normalized spacial score (nSPS) is 10.1. The van der Waals surface area contributed by atoms with Crippen LogP contribution in [0.3, 0.4) is 0 Å². The quantitative estimate of drug-likeness (QED) is 0.672. The molecule has 0 saturated carbocycles. The maximum atomic E-state index is 11.1. The molecule has 0 unspecified atom stereocenters. The summed E-state index contributed by atoms with van der Waals surface area (Å²) in [6, 6.07) is 9.27. The standard InChI is InChI=1S/C14H11NO4S/c1-8-2-4-9(5-3-8)11-6-10(12(7-16)20-11)15-13(17)14(18)19/h2-7H,1H3,(H,15,17)(H,18,19). The molecule has 0 spiro atoms. The predicted octanol–water partition coefficient (Wildman–Crippen LogP) is 2.56. The second kappa shape index (κ2) is 5.66. The highest BCUT2D eigenvalue weighted by Gasteiger charge is 2.16. The van der Waals surface area contributed by atoms with E-state index in [-0.39, 0.29) is 10.6 Å². The van der Waals surface area contributed by atoms with E-state index in [4.69, 9.17) is 5.11 Å². The van der Waals surface area contributed by atoms with E-state index >= 15 is 0 Å². The number of hydrogen-bond donors (Lipinski definition) is 2. The fourth-order valence-electron chi connectivity index (χ4n) is 1.63. The Morgan fingerprint density at radius 3 is 2.45 bits per heavy atom. The molecule has 1 aromatic carbocycles. The van der Waals surface area contributed by atoms with Gasteiger partial charge < -0.3 is 10.4 Å². The van der Waals surface area contributed by atoms with E-state index in [2.05, 4.69) is 5.32 Å². The third kappa shape index (κ3) is 2.92. The topological polar surface area (TPSA) is 83.5 Å². The van der Waals surface area contributed by atoms with Gasteiger partial charge in [-0.1, -0.05) is 29.8 Å². The number of amides is 1. The highest BCUT2D eigenvalue weighted by molar-refractivity contribution is 7.17. The van der Waals surface area contributed by atoms with Crippen LogP contribution in [-0.4, -0.2) is 23.3 Å². The molecule has 0 bridgehead atoms. The molecule has 0 atom stereocenters. The largest absolute Gasteiger partial charge is 0.474 e. The Kier molecular flexibility index (Phi) is 3.95. The summed E-state index contributed by atoms with van der Waals surface area (Å²) in [6.45, 7) is 1.97. The lowest BCUT2D eigenvalue weighted by Gasteiger charge is -1.99. The molecule has 0 aliphatic carbocycles. The number of rotatable bonds is 3. The molecule has 1 aromatic heterocycles. The van der Waals surface area contributed by atoms with Crippen LogP contribution in [0.2, 0.25) is 0 Å². The second-order valence-corrected chi connectivity index (χ2v) is 5.22. The summed E-state index contributed by atoms with van der Waals surface area (Å²) in [5.74, 6) is -2.76. The number of hydrogen-bond acceptors (Lipinski definition) is 4. The molecule has 0 aliphatic rings. The zero-order chi connectivity index (χ0) is 14.7. The number of anilines is 1. The van der Waals surface area contributed by atoms with Crippen molar-refractivity contribution in [3.05, 3.63) is 40.8 Å². The first-order valence-corrected chi connectivity index (χ1v) is 6.53. The van der Waals surface area contributed by atoms with Crippen LogP contribution in [0.4, 0.5) is 5.69 Å². The third-order valence-corrected chi connectivity index (χ3v) is 3.76. The van der Waals surface area contributed by atoms with Gasteiger partial charge in [0.05, 0.1) is 10.6 Å². The fourth-order valence-corrected chi connectivity index (χ4v) is 2.56. The minimum Gasteiger partial charge on any atom is -0.474 e. The Bertz CT molecular complexity index is 673. The predicted molar refractivity (Wildman–Crippen MR) is 76.1 cm³/mol. The summed E-state index contributed by atoms with van der Waals surface area (Å²) in [6.07, 6.45) is 0.597. The number of nitrogens with one attached hydrogen (secondary N) is 1. The van der Waals surface area contributed by atoms with Crippen molar-refractivity contribution in [1.29, 1.82) is 0 Å². The SMILES string of the molecule is Cc1ccc(-c2cc(NC(=O)C(=O)O)c(C=O)s2)cc1. The first kappa shape index (κ1) is 14.0. The van der Waals surface area contributed by atoms with Crippen LogP contribution < -0.4 is 5.32 Å². The number of carboxylic acids is 1. The van der Waals surface area contributed by atoms with Gasteiger partial charge in [-0.05, 0) is 18.6 Å². The lowest BCUT2D eigenvalue weighted by atomic mass is 10.1. The maximum absolute atomic E-state index is 11.1. The van der Waals surface area contributed by atoms with Gasteiger partial charge >= 0.3 is 11.9 Å². The van der Waals surface area contributed by atoms with Crippen molar-refractivity contribution in [3.63, 3.8) is 0 Å². The van der Waals surface area contributed by atoms with Crippen LogP contribution in [0.1, 0.15) is 15.2 Å². The molecule has 6 heteroatoms. The van der Waals surface area contributed by atoms with Crippen molar-refractivity contribution in [2.75, 3.05) is 5.32 Å². The van der Waals surface area contributed by atoms with Crippen LogP contribution in [0, 0.1) is 6.92 Å². The van der Waals surface area contributed by atoms with Gasteiger partial charge in [-0.3, -0.25) is 9.59 Å². The van der Waals surface area contributed by atoms with Crippen molar-refractivity contribution in [2.24, 2.45) is 0 Å². The molecule has 0 saturated heterocycles. The van der Waals surface area contributed by atoms with Gasteiger partial charge in [0.2, 0.25) is 0 Å². The first-order chi connectivity index (χ1) is 9.51. The molecular weight excluding hydrogens is 278 g/mol. The van der Waals surface area contributed by atoms with Gasteiger partial charge in [-0.15, -0.1) is 11.3 Å². The summed E-state index contributed by atoms with van der Waals surface area (Å²) in [4.78, 5) is 33.7. The molecule has 1 heterocycles. The van der Waals surface area contributed by atoms with Gasteiger partial charge in [0, 0.05) is 4.88 Å². The van der Waals surface area contributed by atoms with Gasteiger partial charge in [0.1, 0.15) is 0 Å². The highest BCUT2D eigenvalue weighted by Crippen LogP contribution is 2.33. The lowest BCUT2D eigenvalue weighted by molar-refractivity contribution is -0.147. The van der Waals surface area contributed by atoms with Crippen LogP contribution in [0.15, 0.2) is 30.3 Å². The summed E-state index contributed by atoms with van der Waals surface area (Å²) < 4.78 is 0. The van der Waals surface area contributed by atoms with Gasteiger partial charge in [-0.2, -0.15) is 0 Å². The number of benzene rings is 1. The van der Waals surface area contributed by atoms with E-state index in [0.717, 1.165) is 16.0 Å². The summed E-state index contributed by atoms with van der Waals surface area (Å²) in [7, 11) is 0. The Morgan fingerprint density at radius 1 is 1.25 bits per heavy atom. The summed E-state index contributed by atoms with van der Waals surface area (Å²) in [5, 5.41) is 10.8. The van der Waals surface area contributed by atoms with Crippen molar-refractivity contribution >= 4 is 35.2 Å². The van der Waals surface area contributed by atoms with E-state index in [0.29, 0.717) is 6.29 Å². The average Bonchev–Trinajstić information content (AvgIpc) is 2.82. The van der Waals surface area contributed by atoms with E-state index in [1.165, 1.54) is 11.3 Å². The smallest absolute Gasteiger partial charge is 0.394 e. The molecule has 5 nitrogen and oxygen atoms in total. The van der Waals surface area contributed by atoms with Crippen LogP contribution >= 0.6 is 11.3 Å². The van der Waals surface area contributed by atoms with Gasteiger partial charge in [-0.25, -0.2) is 4.79 Å². The molecule has 2 rings (SSSR count). The maximum Gasteiger partial charge on any atom is 0.394 e. The third-order valence-electron chi connectivity index (χ3n) is 2.65. The molecule has 102 valence electrons. The molecule has 0 radical (unpaired) electrons. The summed E-state index contributed by atoms with van der Waals surface area (Å²) in [5.41, 5.74) is 2.23. The molecule has 1 amide bonds. The Balaban J connectivity index is 2.35. The van der Waals surface area contributed by atoms with Crippen LogP contribution in [0.5, 0.6) is 0 Å². The minimum atomic E-state index is -1.59. The number of thiophene rings is 1. The first-order valence-electron chi connectivity index (χ1n) is 5.71. The van der Waals surface area contributed by atoms with E-state index < -0.39 is 11.9 Å². The zero-order valence-corrected chi connectivity index (χ0v) is 11.4. The molecular formula is C14H11NO4S. The molecule has 2 aromatic rings. The highest BCUT2D eigenvalue weighted by atomic mass is 32.1. The Morgan fingerprint density at radius 2 is 1.90 bits per heavy atom. The number of aldehydes is 1. The van der Waals surface area contributed by atoms with E-state index in [9.17, 15) is 14.4 Å². The lowest BCUT2D eigenvalue weighted by Crippen LogP contribution is -2.21. The van der Waals surface area contributed by atoms with Crippen molar-refractivity contribution in [2.45, 2.75) is 6.92 Å². The van der Waals surface area contributed by atoms with Crippen molar-refractivity contribution < 1.29 is 19.5 Å². The van der Waals surface area contributed by atoms with Crippen LogP contribution in [-0.2, 0) is 9.59 Å². The Hall–Kier alpha value is -2.47. The minimum absolute atomic E-state index is 0.216. The van der Waals surface area contributed by atoms with Crippen molar-refractivity contribution in [3.8, 4) is 10.4 Å². The van der Waals surface area contributed by atoms with E-state index in [1.807, 2.05) is 31.2 Å². The molecule has 20 heavy (non-hydrogen) atoms. The molecule has 2 N–H and O–H groups in total. The van der Waals surface area contributed by atoms with Crippen molar-refractivity contribution in [1.82, 2.24) is 0 Å². The number of carbonyl (C=O) groups is 3. The fraction of sp³-hybridized carbons (Fsp3) is 0.0714. The summed E-state index contributed by atoms with van der Waals surface area (Å²) >= 11 is 1.20. The Labute approximate surface area is 118 Å². The van der Waals surface area contributed by atoms with Gasteiger partial charge in [0.15, 0.2) is 6.29 Å². The van der Waals surface area contributed by atoms with Gasteiger partial charge in [0.25, 0.3) is 0 Å². The average molecular weight is 289 g/mol. The number of carbonyl (C=O) groups excluding carboxylic acids is 2. The molecule has 0 fully saturated rings. The van der Waals surface area contributed by atoms with E-state index in [1.54, 1.807) is 6.07 Å². The number of aliphatic carboxylic acids is 1. The van der Waals surface area contributed by atoms with Crippen LogP contribution in [0.25, 0.3) is 10.4 Å². The zero-order valence-electron chi connectivity index (χ0n) is 10.5. The molecule has 0 aliphatic heterocycles. The number of carboxylic acid groups (broad SMARTS) is 1.